The van der Waals surface area contributed by atoms with Crippen molar-refractivity contribution < 1.29 is 19.1 Å². The number of amides is 2. The van der Waals surface area contributed by atoms with Crippen molar-refractivity contribution in [2.24, 2.45) is 5.92 Å². The molecule has 6 heteroatoms. The van der Waals surface area contributed by atoms with E-state index in [-0.39, 0.29) is 24.2 Å². The molecule has 0 saturated carbocycles. The first kappa shape index (κ1) is 18.8. The van der Waals surface area contributed by atoms with Crippen LogP contribution in [0.4, 0.5) is 5.69 Å². The third-order valence-electron chi connectivity index (χ3n) is 4.59. The van der Waals surface area contributed by atoms with E-state index in [1.807, 2.05) is 55.5 Å². The van der Waals surface area contributed by atoms with Crippen molar-refractivity contribution in [3.05, 3.63) is 54.1 Å². The number of anilines is 1. The molecule has 2 amide bonds. The third kappa shape index (κ3) is 5.00. The summed E-state index contributed by atoms with van der Waals surface area (Å²) >= 11 is 0. The molecule has 1 aliphatic heterocycles. The monoisotopic (exact) mass is 368 g/mol. The van der Waals surface area contributed by atoms with Gasteiger partial charge < -0.3 is 19.7 Å². The molecule has 1 aliphatic rings. The molecule has 1 saturated heterocycles. The number of nitrogens with zero attached hydrogens (tertiary/aromatic N) is 1. The van der Waals surface area contributed by atoms with Gasteiger partial charge in [-0.1, -0.05) is 17.7 Å². The largest absolute Gasteiger partial charge is 0.497 e. The van der Waals surface area contributed by atoms with Crippen LogP contribution in [0.5, 0.6) is 11.5 Å². The van der Waals surface area contributed by atoms with Crippen LogP contribution in [-0.4, -0.2) is 43.5 Å². The molecule has 142 valence electrons. The van der Waals surface area contributed by atoms with Crippen LogP contribution in [0.15, 0.2) is 48.5 Å². The normalized spacial score (nSPS) is 16.3. The quantitative estimate of drug-likeness (QED) is 0.816. The molecule has 0 radical (unpaired) electrons. The molecule has 0 aliphatic carbocycles. The zero-order chi connectivity index (χ0) is 19.2. The lowest BCUT2D eigenvalue weighted by molar-refractivity contribution is -0.128. The predicted octanol–water partition coefficient (Wildman–Crippen LogP) is 2.87. The number of hydrogen-bond donors (Lipinski definition) is 1. The third-order valence-corrected chi connectivity index (χ3v) is 4.59. The topological polar surface area (TPSA) is 67.9 Å². The zero-order valence-corrected chi connectivity index (χ0v) is 15.6. The van der Waals surface area contributed by atoms with Gasteiger partial charge in [-0.05, 0) is 43.3 Å². The standard InChI is InChI=1S/C21H24N2O4/c1-15-3-5-17(6-4-15)22-21(25)16-13-20(24)23(14-16)11-12-27-19-9-7-18(26-2)8-10-19/h3-10,16H,11-14H2,1-2H3,(H,22,25). The summed E-state index contributed by atoms with van der Waals surface area (Å²) in [6.45, 7) is 3.25. The molecule has 0 spiro atoms. The Kier molecular flexibility index (Phi) is 5.96. The average molecular weight is 368 g/mol. The van der Waals surface area contributed by atoms with Gasteiger partial charge >= 0.3 is 0 Å². The van der Waals surface area contributed by atoms with Gasteiger partial charge in [0.2, 0.25) is 11.8 Å². The summed E-state index contributed by atoms with van der Waals surface area (Å²) in [6.07, 6.45) is 0.236. The molecule has 6 nitrogen and oxygen atoms in total. The Labute approximate surface area is 159 Å². The van der Waals surface area contributed by atoms with E-state index in [9.17, 15) is 9.59 Å². The first-order valence-electron chi connectivity index (χ1n) is 8.97. The molecule has 1 fully saturated rings. The summed E-state index contributed by atoms with van der Waals surface area (Å²) in [7, 11) is 1.61. The molecular weight excluding hydrogens is 344 g/mol. The molecule has 1 atom stereocenters. The Morgan fingerprint density at radius 2 is 1.78 bits per heavy atom. The fourth-order valence-corrected chi connectivity index (χ4v) is 2.99. The second-order valence-corrected chi connectivity index (χ2v) is 6.62. The number of carbonyl (C=O) groups excluding carboxylic acids is 2. The smallest absolute Gasteiger partial charge is 0.229 e. The number of likely N-dealkylation sites (tertiary alicyclic amines) is 1. The Morgan fingerprint density at radius 1 is 1.11 bits per heavy atom. The molecule has 1 heterocycles. The predicted molar refractivity (Wildman–Crippen MR) is 103 cm³/mol. The highest BCUT2D eigenvalue weighted by Crippen LogP contribution is 2.21. The fourth-order valence-electron chi connectivity index (χ4n) is 2.99. The van der Waals surface area contributed by atoms with Crippen molar-refractivity contribution in [2.45, 2.75) is 13.3 Å². The van der Waals surface area contributed by atoms with E-state index in [1.165, 1.54) is 0 Å². The lowest BCUT2D eigenvalue weighted by Gasteiger charge is -2.17. The van der Waals surface area contributed by atoms with Crippen molar-refractivity contribution >= 4 is 17.5 Å². The minimum Gasteiger partial charge on any atom is -0.497 e. The maximum atomic E-state index is 12.4. The molecule has 0 bridgehead atoms. The Bertz CT molecular complexity index is 787. The van der Waals surface area contributed by atoms with Gasteiger partial charge in [0.25, 0.3) is 0 Å². The van der Waals surface area contributed by atoms with Gasteiger partial charge in [0.1, 0.15) is 18.1 Å². The molecule has 2 aromatic rings. The van der Waals surface area contributed by atoms with Crippen molar-refractivity contribution in [3.63, 3.8) is 0 Å². The summed E-state index contributed by atoms with van der Waals surface area (Å²) in [5.41, 5.74) is 1.88. The van der Waals surface area contributed by atoms with Crippen LogP contribution in [0.25, 0.3) is 0 Å². The minimum atomic E-state index is -0.334. The molecule has 1 unspecified atom stereocenters. The SMILES string of the molecule is COc1ccc(OCCN2CC(C(=O)Nc3ccc(C)cc3)CC2=O)cc1. The number of hydrogen-bond acceptors (Lipinski definition) is 4. The van der Waals surface area contributed by atoms with Gasteiger partial charge in [0, 0.05) is 18.7 Å². The highest BCUT2D eigenvalue weighted by Gasteiger charge is 2.34. The average Bonchev–Trinajstić information content (AvgIpc) is 3.05. The first-order valence-corrected chi connectivity index (χ1v) is 8.97. The van der Waals surface area contributed by atoms with Crippen LogP contribution in [-0.2, 0) is 9.59 Å². The number of aryl methyl sites for hydroxylation is 1. The van der Waals surface area contributed by atoms with Crippen LogP contribution >= 0.6 is 0 Å². The molecule has 3 rings (SSSR count). The minimum absolute atomic E-state index is 0.0163. The molecule has 2 aromatic carbocycles. The van der Waals surface area contributed by atoms with Gasteiger partial charge in [-0.3, -0.25) is 9.59 Å². The van der Waals surface area contributed by atoms with Gasteiger partial charge in [0.15, 0.2) is 0 Å². The lowest BCUT2D eigenvalue weighted by Crippen LogP contribution is -2.31. The van der Waals surface area contributed by atoms with E-state index in [4.69, 9.17) is 9.47 Å². The van der Waals surface area contributed by atoms with Gasteiger partial charge in [-0.15, -0.1) is 0 Å². The van der Waals surface area contributed by atoms with Gasteiger partial charge in [-0.2, -0.15) is 0 Å². The van der Waals surface area contributed by atoms with Crippen LogP contribution in [0, 0.1) is 12.8 Å². The number of methoxy groups -OCH3 is 1. The summed E-state index contributed by atoms with van der Waals surface area (Å²) in [6, 6.07) is 14.9. The van der Waals surface area contributed by atoms with E-state index in [2.05, 4.69) is 5.32 Å². The van der Waals surface area contributed by atoms with E-state index in [1.54, 1.807) is 12.0 Å². The Hall–Kier alpha value is -3.02. The second-order valence-electron chi connectivity index (χ2n) is 6.62. The van der Waals surface area contributed by atoms with Crippen molar-refractivity contribution in [3.8, 4) is 11.5 Å². The molecule has 27 heavy (non-hydrogen) atoms. The van der Waals surface area contributed by atoms with E-state index >= 15 is 0 Å². The van der Waals surface area contributed by atoms with Gasteiger partial charge in [-0.25, -0.2) is 0 Å². The number of nitrogens with one attached hydrogen (secondary N) is 1. The highest BCUT2D eigenvalue weighted by molar-refractivity contribution is 5.97. The lowest BCUT2D eigenvalue weighted by atomic mass is 10.1. The summed E-state index contributed by atoms with van der Waals surface area (Å²) in [5.74, 6) is 1.01. The van der Waals surface area contributed by atoms with Crippen LogP contribution in [0.2, 0.25) is 0 Å². The van der Waals surface area contributed by atoms with Gasteiger partial charge in [0.05, 0.1) is 19.6 Å². The maximum Gasteiger partial charge on any atom is 0.229 e. The van der Waals surface area contributed by atoms with E-state index < -0.39 is 0 Å². The summed E-state index contributed by atoms with van der Waals surface area (Å²) < 4.78 is 10.8. The zero-order valence-electron chi connectivity index (χ0n) is 15.6. The number of carbonyl (C=O) groups is 2. The second kappa shape index (κ2) is 8.58. The summed E-state index contributed by atoms with van der Waals surface area (Å²) in [4.78, 5) is 26.3. The van der Waals surface area contributed by atoms with Crippen molar-refractivity contribution in [1.29, 1.82) is 0 Å². The van der Waals surface area contributed by atoms with Crippen LogP contribution in [0.3, 0.4) is 0 Å². The molecular formula is C21H24N2O4. The van der Waals surface area contributed by atoms with E-state index in [0.29, 0.717) is 19.7 Å². The van der Waals surface area contributed by atoms with Crippen molar-refractivity contribution in [2.75, 3.05) is 32.1 Å². The highest BCUT2D eigenvalue weighted by atomic mass is 16.5. The molecule has 1 N–H and O–H groups in total. The van der Waals surface area contributed by atoms with Crippen LogP contribution in [0.1, 0.15) is 12.0 Å². The summed E-state index contributed by atoms with van der Waals surface area (Å²) in [5, 5.41) is 2.88. The van der Waals surface area contributed by atoms with Crippen molar-refractivity contribution in [1.82, 2.24) is 4.90 Å². The number of rotatable bonds is 7. The Morgan fingerprint density at radius 3 is 2.44 bits per heavy atom. The number of ether oxygens (including phenoxy) is 2. The fraction of sp³-hybridized carbons (Fsp3) is 0.333. The van der Waals surface area contributed by atoms with E-state index in [0.717, 1.165) is 22.7 Å². The number of benzene rings is 2. The maximum absolute atomic E-state index is 12.4. The Balaban J connectivity index is 1.46. The molecule has 0 aromatic heterocycles. The van der Waals surface area contributed by atoms with Crippen LogP contribution < -0.4 is 14.8 Å². The first-order chi connectivity index (χ1) is 13.0.